The van der Waals surface area contributed by atoms with Crippen molar-refractivity contribution in [1.29, 1.82) is 0 Å². The van der Waals surface area contributed by atoms with Crippen LogP contribution in [0.1, 0.15) is 20.0 Å². The van der Waals surface area contributed by atoms with Crippen molar-refractivity contribution in [2.45, 2.75) is 6.10 Å². The van der Waals surface area contributed by atoms with Crippen LogP contribution in [0.15, 0.2) is 12.1 Å². The number of halogens is 1. The molecule has 0 amide bonds. The van der Waals surface area contributed by atoms with Crippen LogP contribution >= 0.6 is 22.9 Å². The topological polar surface area (TPSA) is 76.1 Å². The van der Waals surface area contributed by atoms with Crippen molar-refractivity contribution in [3.05, 3.63) is 27.6 Å². The Balaban J connectivity index is 2.10. The molecule has 0 unspecified atom stereocenters. The Kier molecular flexibility index (Phi) is 3.37. The second kappa shape index (κ2) is 5.05. The number of benzene rings is 1. The van der Waals surface area contributed by atoms with Gasteiger partial charge in [-0.25, -0.2) is 4.79 Å². The minimum atomic E-state index is -1.11. The summed E-state index contributed by atoms with van der Waals surface area (Å²) in [5.74, 6) is -0.721. The lowest BCUT2D eigenvalue weighted by atomic mass is 10.1. The molecule has 1 aromatic heterocycles. The second-order valence-electron chi connectivity index (χ2n) is 4.29. The molecule has 0 bridgehead atoms. The van der Waals surface area contributed by atoms with E-state index in [2.05, 4.69) is 0 Å². The van der Waals surface area contributed by atoms with Gasteiger partial charge in [0.25, 0.3) is 0 Å². The number of epoxide rings is 1. The number of aldehydes is 1. The number of carboxylic acid groups (broad SMARTS) is 1. The van der Waals surface area contributed by atoms with E-state index in [9.17, 15) is 9.59 Å². The molecule has 1 aromatic carbocycles. The van der Waals surface area contributed by atoms with Gasteiger partial charge in [-0.05, 0) is 12.1 Å². The van der Waals surface area contributed by atoms with Crippen molar-refractivity contribution in [1.82, 2.24) is 0 Å². The van der Waals surface area contributed by atoms with E-state index in [0.29, 0.717) is 35.3 Å². The smallest absolute Gasteiger partial charge is 0.347 e. The summed E-state index contributed by atoms with van der Waals surface area (Å²) in [6.07, 6.45) is 0.702. The zero-order chi connectivity index (χ0) is 14.3. The highest BCUT2D eigenvalue weighted by molar-refractivity contribution is 7.21. The third kappa shape index (κ3) is 2.26. The van der Waals surface area contributed by atoms with Gasteiger partial charge in [-0.3, -0.25) is 4.79 Å². The van der Waals surface area contributed by atoms with Crippen LogP contribution in [0.3, 0.4) is 0 Å². The van der Waals surface area contributed by atoms with Crippen LogP contribution in [-0.4, -0.2) is 36.7 Å². The van der Waals surface area contributed by atoms with Gasteiger partial charge in [0.1, 0.15) is 23.3 Å². The number of rotatable bonds is 5. The predicted molar refractivity (Wildman–Crippen MR) is 74.4 cm³/mol. The van der Waals surface area contributed by atoms with E-state index in [-0.39, 0.29) is 21.6 Å². The molecule has 0 radical (unpaired) electrons. The molecule has 1 N–H and O–H groups in total. The lowest BCUT2D eigenvalue weighted by Gasteiger charge is -2.08. The molecule has 5 nitrogen and oxygen atoms in total. The largest absolute Gasteiger partial charge is 0.490 e. The minimum Gasteiger partial charge on any atom is -0.490 e. The lowest BCUT2D eigenvalue weighted by Crippen LogP contribution is -2.05. The Labute approximate surface area is 122 Å². The number of hydrogen-bond acceptors (Lipinski definition) is 5. The van der Waals surface area contributed by atoms with Crippen molar-refractivity contribution < 1.29 is 24.2 Å². The van der Waals surface area contributed by atoms with Crippen molar-refractivity contribution in [3.63, 3.8) is 0 Å². The third-order valence-corrected chi connectivity index (χ3v) is 4.57. The van der Waals surface area contributed by atoms with Crippen LogP contribution in [0.2, 0.25) is 5.02 Å². The fourth-order valence-corrected chi connectivity index (χ4v) is 3.29. The third-order valence-electron chi connectivity index (χ3n) is 2.94. The molecule has 1 atom stereocenters. The maximum Gasteiger partial charge on any atom is 0.347 e. The minimum absolute atomic E-state index is 0.0208. The van der Waals surface area contributed by atoms with Crippen LogP contribution in [-0.2, 0) is 4.74 Å². The normalized spacial score (nSPS) is 17.1. The summed E-state index contributed by atoms with van der Waals surface area (Å²) >= 11 is 7.11. The van der Waals surface area contributed by atoms with E-state index < -0.39 is 5.97 Å². The summed E-state index contributed by atoms with van der Waals surface area (Å²) in [6.45, 7) is 1.01. The maximum absolute atomic E-state index is 11.3. The Hall–Kier alpha value is -1.63. The first-order chi connectivity index (χ1) is 9.61. The number of carbonyl (C=O) groups excluding carboxylic acids is 1. The molecular formula is C13H9ClO5S. The number of hydrogen-bond donors (Lipinski definition) is 1. The van der Waals surface area contributed by atoms with Gasteiger partial charge in [-0.1, -0.05) is 11.6 Å². The van der Waals surface area contributed by atoms with Crippen LogP contribution in [0, 0.1) is 0 Å². The van der Waals surface area contributed by atoms with E-state index in [0.717, 1.165) is 11.3 Å². The Bertz CT molecular complexity index is 704. The predicted octanol–water partition coefficient (Wildman–Crippen LogP) is 2.84. The zero-order valence-corrected chi connectivity index (χ0v) is 11.7. The van der Waals surface area contributed by atoms with Gasteiger partial charge in [-0.2, -0.15) is 0 Å². The highest BCUT2D eigenvalue weighted by Gasteiger charge is 2.25. The maximum atomic E-state index is 11.3. The lowest BCUT2D eigenvalue weighted by molar-refractivity contribution is 0.0702. The summed E-state index contributed by atoms with van der Waals surface area (Å²) < 4.78 is 11.2. The highest BCUT2D eigenvalue weighted by atomic mass is 35.5. The molecule has 2 aromatic rings. The molecule has 1 fully saturated rings. The van der Waals surface area contributed by atoms with Gasteiger partial charge in [0.05, 0.1) is 17.2 Å². The van der Waals surface area contributed by atoms with Crippen molar-refractivity contribution in [3.8, 4) is 5.75 Å². The molecule has 7 heteroatoms. The van der Waals surface area contributed by atoms with E-state index in [4.69, 9.17) is 26.2 Å². The molecule has 0 aliphatic carbocycles. The highest BCUT2D eigenvalue weighted by Crippen LogP contribution is 2.40. The van der Waals surface area contributed by atoms with Crippen LogP contribution in [0.5, 0.6) is 5.75 Å². The average Bonchev–Trinajstić information content (AvgIpc) is 3.19. The van der Waals surface area contributed by atoms with Crippen LogP contribution in [0.25, 0.3) is 10.1 Å². The van der Waals surface area contributed by atoms with Crippen LogP contribution in [0.4, 0.5) is 0 Å². The Morgan fingerprint density at radius 1 is 1.60 bits per heavy atom. The number of carboxylic acids is 1. The number of ether oxygens (including phenoxy) is 2. The summed E-state index contributed by atoms with van der Waals surface area (Å²) in [6, 6.07) is 3.35. The van der Waals surface area contributed by atoms with Gasteiger partial charge >= 0.3 is 5.97 Å². The molecule has 1 aliphatic rings. The quantitative estimate of drug-likeness (QED) is 0.678. The van der Waals surface area contributed by atoms with Crippen molar-refractivity contribution in [2.75, 3.05) is 13.2 Å². The molecule has 1 saturated heterocycles. The summed E-state index contributed by atoms with van der Waals surface area (Å²) in [5, 5.41) is 9.58. The Morgan fingerprint density at radius 3 is 2.95 bits per heavy atom. The van der Waals surface area contributed by atoms with Gasteiger partial charge in [0, 0.05) is 10.1 Å². The molecule has 1 aliphatic heterocycles. The van der Waals surface area contributed by atoms with E-state index in [1.165, 1.54) is 0 Å². The summed E-state index contributed by atoms with van der Waals surface area (Å²) in [5.41, 5.74) is 0.275. The molecule has 0 spiro atoms. The molecule has 20 heavy (non-hydrogen) atoms. The van der Waals surface area contributed by atoms with Gasteiger partial charge < -0.3 is 14.6 Å². The van der Waals surface area contributed by atoms with E-state index >= 15 is 0 Å². The molecule has 3 rings (SSSR count). The SMILES string of the molecule is O=Cc1c(OC[C@@H]2CO2)ccc2sc(C(=O)O)c(Cl)c12. The van der Waals surface area contributed by atoms with Crippen molar-refractivity contribution >= 4 is 45.3 Å². The van der Waals surface area contributed by atoms with Gasteiger partial charge in [0.15, 0.2) is 6.29 Å². The fourth-order valence-electron chi connectivity index (χ4n) is 1.89. The number of fused-ring (bicyclic) bond motifs is 1. The van der Waals surface area contributed by atoms with Gasteiger partial charge in [0.2, 0.25) is 0 Å². The number of thiophene rings is 1. The van der Waals surface area contributed by atoms with E-state index in [1.54, 1.807) is 12.1 Å². The number of aromatic carboxylic acids is 1. The van der Waals surface area contributed by atoms with Crippen LogP contribution < -0.4 is 4.74 Å². The monoisotopic (exact) mass is 312 g/mol. The average molecular weight is 313 g/mol. The first kappa shape index (κ1) is 13.4. The summed E-state index contributed by atoms with van der Waals surface area (Å²) in [4.78, 5) is 22.4. The van der Waals surface area contributed by atoms with Gasteiger partial charge in [-0.15, -0.1) is 11.3 Å². The Morgan fingerprint density at radius 2 is 2.35 bits per heavy atom. The molecule has 2 heterocycles. The van der Waals surface area contributed by atoms with Crippen molar-refractivity contribution in [2.24, 2.45) is 0 Å². The zero-order valence-electron chi connectivity index (χ0n) is 10.1. The van der Waals surface area contributed by atoms with E-state index in [1.807, 2.05) is 0 Å². The first-order valence-corrected chi connectivity index (χ1v) is 6.99. The molecule has 0 saturated carbocycles. The molecular weight excluding hydrogens is 304 g/mol. The fraction of sp³-hybridized carbons (Fsp3) is 0.231. The summed E-state index contributed by atoms with van der Waals surface area (Å²) in [7, 11) is 0. The standard InChI is InChI=1S/C13H9ClO5S/c14-11-10-7(3-15)8(19-5-6-4-18-6)1-2-9(10)20-12(11)13(16)17/h1-3,6H,4-5H2,(H,16,17)/t6-/m0/s1. The first-order valence-electron chi connectivity index (χ1n) is 5.79. The number of carbonyl (C=O) groups is 2. The molecule has 104 valence electrons. The second-order valence-corrected chi connectivity index (χ2v) is 5.72.